The van der Waals surface area contributed by atoms with E-state index in [9.17, 15) is 4.79 Å². The van der Waals surface area contributed by atoms with Gasteiger partial charge in [-0.05, 0) is 66.8 Å². The van der Waals surface area contributed by atoms with E-state index in [-0.39, 0.29) is 36.5 Å². The summed E-state index contributed by atoms with van der Waals surface area (Å²) in [6.07, 6.45) is 5.34. The molecule has 2 aromatic rings. The molecule has 4 fully saturated rings. The van der Waals surface area contributed by atoms with Gasteiger partial charge in [-0.2, -0.15) is 0 Å². The quantitative estimate of drug-likeness (QED) is 0.560. The van der Waals surface area contributed by atoms with Gasteiger partial charge in [-0.15, -0.1) is 0 Å². The van der Waals surface area contributed by atoms with Crippen molar-refractivity contribution < 1.29 is 19.8 Å². The Kier molecular flexibility index (Phi) is 6.47. The number of hydrogen-bond acceptors (Lipinski definition) is 3. The minimum absolute atomic E-state index is 0.151. The second kappa shape index (κ2) is 9.25. The second-order valence-corrected chi connectivity index (χ2v) is 11.7. The first kappa shape index (κ1) is 23.8. The van der Waals surface area contributed by atoms with Crippen molar-refractivity contribution >= 4 is 12.9 Å². The lowest BCUT2D eigenvalue weighted by Gasteiger charge is -2.64. The van der Waals surface area contributed by atoms with Gasteiger partial charge in [-0.1, -0.05) is 74.5 Å². The highest BCUT2D eigenvalue weighted by Crippen LogP contribution is 2.66. The van der Waals surface area contributed by atoms with Crippen molar-refractivity contribution in [3.8, 4) is 0 Å². The maximum Gasteiger partial charge on any atom is 0.461 e. The third-order valence-electron chi connectivity index (χ3n) is 9.24. The van der Waals surface area contributed by atoms with Gasteiger partial charge in [0.05, 0.1) is 11.7 Å². The first-order valence-corrected chi connectivity index (χ1v) is 13.0. The summed E-state index contributed by atoms with van der Waals surface area (Å²) < 4.78 is 13.4. The summed E-state index contributed by atoms with van der Waals surface area (Å²) in [5.74, 6) is 1.66. The van der Waals surface area contributed by atoms with Crippen molar-refractivity contribution in [3.05, 3.63) is 71.8 Å². The smallest absolute Gasteiger partial charge is 0.405 e. The van der Waals surface area contributed by atoms with Gasteiger partial charge in [-0.25, -0.2) is 0 Å². The van der Waals surface area contributed by atoms with Gasteiger partial charge in [-0.3, -0.25) is 4.79 Å². The van der Waals surface area contributed by atoms with Crippen LogP contribution in [0.5, 0.6) is 0 Å². The van der Waals surface area contributed by atoms with E-state index >= 15 is 0 Å². The van der Waals surface area contributed by atoms with Gasteiger partial charge in [0.1, 0.15) is 6.04 Å². The number of carbonyl (C=O) groups excluding carboxylic acids is 1. The van der Waals surface area contributed by atoms with Crippen molar-refractivity contribution in [2.45, 2.75) is 82.9 Å². The summed E-state index contributed by atoms with van der Waals surface area (Å²) in [6.45, 7) is 7.06. The Morgan fingerprint density at radius 1 is 1.00 bits per heavy atom. The summed E-state index contributed by atoms with van der Waals surface area (Å²) in [6, 6.07) is 20.5. The van der Waals surface area contributed by atoms with Gasteiger partial charge >= 0.3 is 7.12 Å². The molecule has 4 nitrogen and oxygen atoms in total. The topological polar surface area (TPSA) is 63.2 Å². The molecular weight excluding hydrogens is 421 g/mol. The molecule has 1 aliphatic heterocycles. The van der Waals surface area contributed by atoms with Gasteiger partial charge in [0.2, 0.25) is 0 Å². The molecule has 2 aromatic carbocycles. The number of carbonyl (C=O) groups is 1. The van der Waals surface area contributed by atoms with E-state index in [2.05, 4.69) is 62.9 Å². The van der Waals surface area contributed by atoms with Crippen molar-refractivity contribution in [1.29, 1.82) is 0 Å². The lowest BCUT2D eigenvalue weighted by atomic mass is 9.43. The van der Waals surface area contributed by atoms with Crippen molar-refractivity contribution in [3.63, 3.8) is 0 Å². The van der Waals surface area contributed by atoms with Crippen LogP contribution >= 0.6 is 0 Å². The largest absolute Gasteiger partial charge is 0.461 e. The number of quaternary nitrogens is 1. The van der Waals surface area contributed by atoms with Crippen LogP contribution in [0.3, 0.4) is 0 Å². The third-order valence-corrected chi connectivity index (χ3v) is 9.24. The van der Waals surface area contributed by atoms with Crippen molar-refractivity contribution in [2.24, 2.45) is 17.3 Å². The van der Waals surface area contributed by atoms with E-state index in [1.165, 1.54) is 12.0 Å². The number of Topliss-reactive ketones (excluding diaryl/α,β-unsaturated/α-hetero) is 1. The zero-order valence-electron chi connectivity index (χ0n) is 20.9. The average Bonchev–Trinajstić information content (AvgIpc) is 3.19. The molecule has 4 aliphatic rings. The van der Waals surface area contributed by atoms with Crippen molar-refractivity contribution in [2.75, 3.05) is 0 Å². The molecule has 0 aromatic heterocycles. The predicted octanol–water partition coefficient (Wildman–Crippen LogP) is 4.53. The molecule has 2 bridgehead atoms. The van der Waals surface area contributed by atoms with E-state index in [0.29, 0.717) is 24.2 Å². The van der Waals surface area contributed by atoms with Crippen LogP contribution in [0.1, 0.15) is 57.6 Å². The maximum absolute atomic E-state index is 13.0. The lowest BCUT2D eigenvalue weighted by molar-refractivity contribution is -0.402. The van der Waals surface area contributed by atoms with Gasteiger partial charge in [0.25, 0.3) is 0 Å². The monoisotopic (exact) mass is 460 g/mol. The molecule has 1 saturated heterocycles. The standard InChI is InChI=1S/C29H38BNO3/c1-28(2)22-18-26(28)29(3)27(19-22)33-30(34-29)23(16-20-10-6-4-7-11-20)14-15-25(32)24(31)17-21-12-8-5-9-13-21/h4-13,22-24,26-27H,14-19,31H2,1-3H3/p+1/t22?,23-,24+,26?,27?,29+/m1/s1. The van der Waals surface area contributed by atoms with Crippen LogP contribution in [-0.4, -0.2) is 30.6 Å². The molecule has 3 N–H and O–H groups in total. The normalized spacial score (nSPS) is 30.8. The van der Waals surface area contributed by atoms with Crippen LogP contribution in [0.4, 0.5) is 0 Å². The first-order valence-electron chi connectivity index (χ1n) is 13.0. The highest BCUT2D eigenvalue weighted by molar-refractivity contribution is 6.47. The number of ketones is 1. The van der Waals surface area contributed by atoms with Crippen LogP contribution in [0.15, 0.2) is 60.7 Å². The molecule has 3 aliphatic carbocycles. The minimum atomic E-state index is -0.254. The molecule has 3 unspecified atom stereocenters. The SMILES string of the molecule is CC1(C)C2CC3OB([C@H](CCC(=O)[C@@H]([NH3+])Cc4ccccc4)Cc4ccccc4)O[C@@]3(C)C1C2. The molecule has 0 amide bonds. The van der Waals surface area contributed by atoms with E-state index in [1.54, 1.807) is 0 Å². The number of hydrogen-bond donors (Lipinski definition) is 1. The highest BCUT2D eigenvalue weighted by Gasteiger charge is 2.68. The fourth-order valence-corrected chi connectivity index (χ4v) is 6.90. The molecule has 3 saturated carbocycles. The first-order chi connectivity index (χ1) is 16.3. The third kappa shape index (κ3) is 4.39. The van der Waals surface area contributed by atoms with E-state index in [0.717, 1.165) is 30.7 Å². The van der Waals surface area contributed by atoms with Crippen LogP contribution < -0.4 is 5.73 Å². The molecular formula is C29H39BNO3+. The fourth-order valence-electron chi connectivity index (χ4n) is 6.90. The summed E-state index contributed by atoms with van der Waals surface area (Å²) in [5.41, 5.74) is 6.73. The number of benzene rings is 2. The van der Waals surface area contributed by atoms with E-state index in [1.807, 2.05) is 24.3 Å². The van der Waals surface area contributed by atoms with Crippen LogP contribution in [0, 0.1) is 17.3 Å². The molecule has 180 valence electrons. The van der Waals surface area contributed by atoms with Crippen LogP contribution in [0.25, 0.3) is 0 Å². The number of rotatable bonds is 9. The molecule has 6 atom stereocenters. The molecule has 0 spiro atoms. The zero-order chi connectivity index (χ0) is 23.9. The zero-order valence-corrected chi connectivity index (χ0v) is 20.9. The molecule has 34 heavy (non-hydrogen) atoms. The molecule has 0 radical (unpaired) electrons. The highest BCUT2D eigenvalue weighted by atomic mass is 16.7. The van der Waals surface area contributed by atoms with Crippen molar-refractivity contribution in [1.82, 2.24) is 0 Å². The maximum atomic E-state index is 13.0. The van der Waals surface area contributed by atoms with Crippen LogP contribution in [-0.2, 0) is 26.9 Å². The van der Waals surface area contributed by atoms with Crippen LogP contribution in [0.2, 0.25) is 5.82 Å². The Labute approximate surface area is 204 Å². The Bertz CT molecular complexity index is 997. The van der Waals surface area contributed by atoms with Gasteiger partial charge < -0.3 is 15.0 Å². The minimum Gasteiger partial charge on any atom is -0.405 e. The average molecular weight is 460 g/mol. The Hall–Kier alpha value is -1.95. The summed E-state index contributed by atoms with van der Waals surface area (Å²) in [5, 5.41) is 0. The Morgan fingerprint density at radius 3 is 2.24 bits per heavy atom. The molecule has 6 rings (SSSR count). The van der Waals surface area contributed by atoms with Gasteiger partial charge in [0, 0.05) is 12.8 Å². The summed E-state index contributed by atoms with van der Waals surface area (Å²) >= 11 is 0. The van der Waals surface area contributed by atoms with E-state index < -0.39 is 0 Å². The van der Waals surface area contributed by atoms with E-state index in [4.69, 9.17) is 9.31 Å². The second-order valence-electron chi connectivity index (χ2n) is 11.7. The molecule has 5 heteroatoms. The predicted molar refractivity (Wildman–Crippen MR) is 135 cm³/mol. The fraction of sp³-hybridized carbons (Fsp3) is 0.552. The summed E-state index contributed by atoms with van der Waals surface area (Å²) in [4.78, 5) is 13.0. The molecule has 1 heterocycles. The Morgan fingerprint density at radius 2 is 1.62 bits per heavy atom. The lowest BCUT2D eigenvalue weighted by Crippen LogP contribution is -2.66. The summed E-state index contributed by atoms with van der Waals surface area (Å²) in [7, 11) is -0.254. The Balaban J connectivity index is 1.27. The van der Waals surface area contributed by atoms with Gasteiger partial charge in [0.15, 0.2) is 5.78 Å².